The minimum Gasteiger partial charge on any atom is -0.309 e. The number of thiophene rings is 1. The lowest BCUT2D eigenvalue weighted by molar-refractivity contribution is 0.532. The molecular weight excluding hydrogens is 281 g/mol. The van der Waals surface area contributed by atoms with Crippen LogP contribution in [0.25, 0.3) is 0 Å². The number of halogens is 1. The first-order valence-corrected chi connectivity index (χ1v) is 8.58. The molecule has 0 amide bonds. The lowest BCUT2D eigenvalue weighted by Crippen LogP contribution is -2.24. The van der Waals surface area contributed by atoms with Gasteiger partial charge in [-0.15, -0.1) is 11.3 Å². The molecule has 1 aromatic carbocycles. The van der Waals surface area contributed by atoms with Crippen molar-refractivity contribution < 1.29 is 4.39 Å². The second-order valence-corrected chi connectivity index (χ2v) is 6.39. The third kappa shape index (κ3) is 4.14. The molecule has 0 bridgehead atoms. The van der Waals surface area contributed by atoms with Crippen molar-refractivity contribution in [3.8, 4) is 0 Å². The maximum atomic E-state index is 13.3. The second kappa shape index (κ2) is 7.71. The number of hydrogen-bond donors (Lipinski definition) is 1. The Kier molecular flexibility index (Phi) is 5.95. The van der Waals surface area contributed by atoms with E-state index in [4.69, 9.17) is 0 Å². The first-order valence-electron chi connectivity index (χ1n) is 7.70. The van der Waals surface area contributed by atoms with Gasteiger partial charge in [0.15, 0.2) is 0 Å². The first-order chi connectivity index (χ1) is 10.2. The molecule has 1 N–H and O–H groups in total. The van der Waals surface area contributed by atoms with Crippen LogP contribution in [0, 0.1) is 12.7 Å². The maximum Gasteiger partial charge on any atom is 0.123 e. The zero-order valence-electron chi connectivity index (χ0n) is 13.1. The van der Waals surface area contributed by atoms with Crippen LogP contribution in [0.1, 0.15) is 47.9 Å². The van der Waals surface area contributed by atoms with E-state index in [9.17, 15) is 4.39 Å². The molecule has 21 heavy (non-hydrogen) atoms. The molecule has 2 rings (SSSR count). The van der Waals surface area contributed by atoms with Crippen molar-refractivity contribution in [3.63, 3.8) is 0 Å². The molecule has 1 heterocycles. The SMILES string of the molecule is CCCNC(Cc1ccc(F)cc1C)c1sccc1CC. The molecule has 0 spiro atoms. The van der Waals surface area contributed by atoms with E-state index < -0.39 is 0 Å². The fourth-order valence-electron chi connectivity index (χ4n) is 2.63. The first kappa shape index (κ1) is 16.2. The van der Waals surface area contributed by atoms with Crippen LogP contribution in [0.2, 0.25) is 0 Å². The number of nitrogens with one attached hydrogen (secondary N) is 1. The molecule has 0 saturated carbocycles. The summed E-state index contributed by atoms with van der Waals surface area (Å²) < 4.78 is 13.3. The van der Waals surface area contributed by atoms with Gasteiger partial charge in [-0.05, 0) is 73.0 Å². The molecule has 0 saturated heterocycles. The van der Waals surface area contributed by atoms with E-state index in [2.05, 4.69) is 30.6 Å². The van der Waals surface area contributed by atoms with Gasteiger partial charge in [-0.25, -0.2) is 4.39 Å². The summed E-state index contributed by atoms with van der Waals surface area (Å²) in [6.45, 7) is 7.38. The van der Waals surface area contributed by atoms with Crippen LogP contribution in [0.3, 0.4) is 0 Å². The van der Waals surface area contributed by atoms with Crippen LogP contribution < -0.4 is 5.32 Å². The summed E-state index contributed by atoms with van der Waals surface area (Å²) in [5, 5.41) is 5.83. The van der Waals surface area contributed by atoms with Gasteiger partial charge in [0.1, 0.15) is 5.82 Å². The Balaban J connectivity index is 2.24. The maximum absolute atomic E-state index is 13.3. The van der Waals surface area contributed by atoms with Crippen LogP contribution in [-0.4, -0.2) is 6.54 Å². The summed E-state index contributed by atoms with van der Waals surface area (Å²) in [5.74, 6) is -0.153. The summed E-state index contributed by atoms with van der Waals surface area (Å²) in [6, 6.07) is 7.65. The van der Waals surface area contributed by atoms with Crippen molar-refractivity contribution in [3.05, 3.63) is 57.0 Å². The molecule has 3 heteroatoms. The smallest absolute Gasteiger partial charge is 0.123 e. The second-order valence-electron chi connectivity index (χ2n) is 5.45. The Hall–Kier alpha value is -1.19. The Morgan fingerprint density at radius 2 is 2.00 bits per heavy atom. The molecule has 0 radical (unpaired) electrons. The summed E-state index contributed by atoms with van der Waals surface area (Å²) in [7, 11) is 0. The van der Waals surface area contributed by atoms with Gasteiger partial charge in [0.25, 0.3) is 0 Å². The number of benzene rings is 1. The van der Waals surface area contributed by atoms with Crippen LogP contribution in [0.15, 0.2) is 29.6 Å². The Bertz CT molecular complexity index is 576. The van der Waals surface area contributed by atoms with Gasteiger partial charge in [0.05, 0.1) is 0 Å². The predicted molar refractivity (Wildman–Crippen MR) is 89.6 cm³/mol. The van der Waals surface area contributed by atoms with Crippen molar-refractivity contribution in [2.75, 3.05) is 6.54 Å². The summed E-state index contributed by atoms with van der Waals surface area (Å²) >= 11 is 1.82. The minimum absolute atomic E-state index is 0.153. The lowest BCUT2D eigenvalue weighted by atomic mass is 9.98. The van der Waals surface area contributed by atoms with Crippen LogP contribution in [-0.2, 0) is 12.8 Å². The predicted octanol–water partition coefficient (Wildman–Crippen LogP) is 5.04. The highest BCUT2D eigenvalue weighted by Gasteiger charge is 2.17. The summed E-state index contributed by atoms with van der Waals surface area (Å²) in [5.41, 5.74) is 3.68. The van der Waals surface area contributed by atoms with Gasteiger partial charge >= 0.3 is 0 Å². The van der Waals surface area contributed by atoms with Crippen molar-refractivity contribution in [2.24, 2.45) is 0 Å². The molecule has 0 aliphatic carbocycles. The van der Waals surface area contributed by atoms with E-state index in [1.807, 2.05) is 24.3 Å². The average Bonchev–Trinajstić information content (AvgIpc) is 2.94. The molecule has 1 aromatic heterocycles. The Labute approximate surface area is 131 Å². The zero-order valence-corrected chi connectivity index (χ0v) is 13.9. The third-order valence-corrected chi connectivity index (χ3v) is 4.92. The van der Waals surface area contributed by atoms with E-state index in [0.717, 1.165) is 31.4 Å². The van der Waals surface area contributed by atoms with E-state index in [0.29, 0.717) is 6.04 Å². The summed E-state index contributed by atoms with van der Waals surface area (Å²) in [4.78, 5) is 1.43. The van der Waals surface area contributed by atoms with E-state index in [-0.39, 0.29) is 5.82 Å². The third-order valence-electron chi connectivity index (χ3n) is 3.85. The fourth-order valence-corrected chi connectivity index (χ4v) is 3.70. The fraction of sp³-hybridized carbons (Fsp3) is 0.444. The van der Waals surface area contributed by atoms with Crippen LogP contribution in [0.5, 0.6) is 0 Å². The molecule has 1 unspecified atom stereocenters. The molecule has 1 nitrogen and oxygen atoms in total. The van der Waals surface area contributed by atoms with Gasteiger partial charge in [0.2, 0.25) is 0 Å². The van der Waals surface area contributed by atoms with Gasteiger partial charge in [0, 0.05) is 10.9 Å². The topological polar surface area (TPSA) is 12.0 Å². The number of rotatable bonds is 7. The van der Waals surface area contributed by atoms with Crippen molar-refractivity contribution in [1.29, 1.82) is 0 Å². The van der Waals surface area contributed by atoms with Gasteiger partial charge in [-0.1, -0.05) is 19.9 Å². The molecule has 114 valence electrons. The highest BCUT2D eigenvalue weighted by Crippen LogP contribution is 2.29. The van der Waals surface area contributed by atoms with E-state index in [1.54, 1.807) is 12.1 Å². The number of aryl methyl sites for hydroxylation is 2. The molecular formula is C18H24FNS. The Morgan fingerprint density at radius 3 is 2.67 bits per heavy atom. The highest BCUT2D eigenvalue weighted by molar-refractivity contribution is 7.10. The normalized spacial score (nSPS) is 12.6. The monoisotopic (exact) mass is 305 g/mol. The van der Waals surface area contributed by atoms with Gasteiger partial charge < -0.3 is 5.32 Å². The average molecular weight is 305 g/mol. The quantitative estimate of drug-likeness (QED) is 0.755. The molecule has 0 aliphatic rings. The van der Waals surface area contributed by atoms with Crippen molar-refractivity contribution in [1.82, 2.24) is 5.32 Å². The standard InChI is InChI=1S/C18H24FNS/c1-4-9-20-17(18-14(5-2)8-10-21-18)12-15-6-7-16(19)11-13(15)3/h6-8,10-11,17,20H,4-5,9,12H2,1-3H3. The van der Waals surface area contributed by atoms with Crippen molar-refractivity contribution >= 4 is 11.3 Å². The van der Waals surface area contributed by atoms with E-state index >= 15 is 0 Å². The van der Waals surface area contributed by atoms with Crippen LogP contribution in [0.4, 0.5) is 4.39 Å². The molecule has 0 aliphatic heterocycles. The van der Waals surface area contributed by atoms with Gasteiger partial charge in [-0.2, -0.15) is 0 Å². The Morgan fingerprint density at radius 1 is 1.19 bits per heavy atom. The lowest BCUT2D eigenvalue weighted by Gasteiger charge is -2.20. The van der Waals surface area contributed by atoms with E-state index in [1.165, 1.54) is 16.0 Å². The molecule has 0 fully saturated rings. The zero-order chi connectivity index (χ0) is 15.2. The highest BCUT2D eigenvalue weighted by atomic mass is 32.1. The molecule has 2 aromatic rings. The van der Waals surface area contributed by atoms with Crippen molar-refractivity contribution in [2.45, 2.75) is 46.1 Å². The summed E-state index contributed by atoms with van der Waals surface area (Å²) in [6.07, 6.45) is 3.09. The van der Waals surface area contributed by atoms with Gasteiger partial charge in [-0.3, -0.25) is 0 Å². The largest absolute Gasteiger partial charge is 0.309 e. The minimum atomic E-state index is -0.153. The number of hydrogen-bond acceptors (Lipinski definition) is 2. The molecule has 1 atom stereocenters. The van der Waals surface area contributed by atoms with Crippen LogP contribution >= 0.6 is 11.3 Å².